The maximum Gasteiger partial charge on any atom is 0.178 e. The summed E-state index contributed by atoms with van der Waals surface area (Å²) in [5.41, 5.74) is 2.35. The van der Waals surface area contributed by atoms with Gasteiger partial charge in [0.25, 0.3) is 0 Å². The first-order chi connectivity index (χ1) is 8.19. The van der Waals surface area contributed by atoms with Crippen molar-refractivity contribution >= 4 is 23.3 Å². The van der Waals surface area contributed by atoms with Crippen LogP contribution in [0.1, 0.15) is 18.5 Å². The summed E-state index contributed by atoms with van der Waals surface area (Å²) in [6.07, 6.45) is 0. The van der Waals surface area contributed by atoms with E-state index in [1.807, 2.05) is 23.6 Å². The third-order valence-corrected chi connectivity index (χ3v) is 3.02. The van der Waals surface area contributed by atoms with Gasteiger partial charge in [0, 0.05) is 7.11 Å². The lowest BCUT2D eigenvalue weighted by Gasteiger charge is -2.13. The summed E-state index contributed by atoms with van der Waals surface area (Å²) in [7, 11) is 1.66. The highest BCUT2D eigenvalue weighted by Crippen LogP contribution is 2.21. The van der Waals surface area contributed by atoms with Crippen LogP contribution in [0.5, 0.6) is 0 Å². The van der Waals surface area contributed by atoms with E-state index in [-0.39, 0.29) is 6.04 Å². The molecule has 17 heavy (non-hydrogen) atoms. The Kier molecular flexibility index (Phi) is 3.27. The predicted octanol–water partition coefficient (Wildman–Crippen LogP) is 2.78. The van der Waals surface area contributed by atoms with Crippen LogP contribution >= 0.6 is 12.2 Å². The molecule has 1 unspecified atom stereocenters. The normalized spacial score (nSPS) is 12.5. The number of para-hydroxylation sites is 1. The summed E-state index contributed by atoms with van der Waals surface area (Å²) in [6, 6.07) is 7.88. The molecule has 0 spiro atoms. The van der Waals surface area contributed by atoms with Crippen molar-refractivity contribution in [2.24, 2.45) is 0 Å². The molecule has 0 bridgehead atoms. The molecule has 0 aliphatic carbocycles. The lowest BCUT2D eigenvalue weighted by molar-refractivity contribution is 0.163. The van der Waals surface area contributed by atoms with Crippen LogP contribution in [0.2, 0.25) is 0 Å². The van der Waals surface area contributed by atoms with Gasteiger partial charge in [-0.25, -0.2) is 0 Å². The molecule has 2 aromatic rings. The Hall–Kier alpha value is -1.64. The van der Waals surface area contributed by atoms with Gasteiger partial charge in [-0.1, -0.05) is 6.07 Å². The van der Waals surface area contributed by atoms with E-state index in [0.29, 0.717) is 16.9 Å². The highest BCUT2D eigenvalue weighted by molar-refractivity contribution is 7.71. The lowest BCUT2D eigenvalue weighted by Crippen LogP contribution is -2.10. The van der Waals surface area contributed by atoms with Crippen molar-refractivity contribution in [1.29, 1.82) is 5.26 Å². The van der Waals surface area contributed by atoms with Gasteiger partial charge in [0.1, 0.15) is 6.07 Å². The largest absolute Gasteiger partial charge is 0.383 e. The number of fused-ring (bicyclic) bond motifs is 1. The maximum absolute atomic E-state index is 9.04. The number of aromatic amines is 1. The molecule has 5 heteroatoms. The molecule has 0 amide bonds. The fourth-order valence-corrected chi connectivity index (χ4v) is 2.38. The van der Waals surface area contributed by atoms with Crippen molar-refractivity contribution in [2.75, 3.05) is 13.7 Å². The number of rotatable bonds is 3. The fraction of sp³-hybridized carbons (Fsp3) is 0.333. The molecule has 0 aliphatic rings. The van der Waals surface area contributed by atoms with Gasteiger partial charge in [-0.2, -0.15) is 5.26 Å². The van der Waals surface area contributed by atoms with E-state index < -0.39 is 0 Å². The van der Waals surface area contributed by atoms with Crippen LogP contribution in [0, 0.1) is 16.1 Å². The SMILES string of the molecule is COCC(C)n1c(=S)[nH]c2c(C#N)cccc21. The Balaban J connectivity index is 2.69. The highest BCUT2D eigenvalue weighted by Gasteiger charge is 2.12. The third kappa shape index (κ3) is 1.97. The second kappa shape index (κ2) is 4.70. The summed E-state index contributed by atoms with van der Waals surface area (Å²) in [5, 5.41) is 9.04. The summed E-state index contributed by atoms with van der Waals surface area (Å²) >= 11 is 5.29. The van der Waals surface area contributed by atoms with E-state index in [4.69, 9.17) is 22.2 Å². The molecule has 4 nitrogen and oxygen atoms in total. The zero-order valence-corrected chi connectivity index (χ0v) is 10.5. The average Bonchev–Trinajstić information content (AvgIpc) is 2.65. The van der Waals surface area contributed by atoms with Gasteiger partial charge in [-0.3, -0.25) is 0 Å². The summed E-state index contributed by atoms with van der Waals surface area (Å²) in [4.78, 5) is 3.09. The summed E-state index contributed by atoms with van der Waals surface area (Å²) in [6.45, 7) is 2.61. The molecule has 0 saturated heterocycles. The lowest BCUT2D eigenvalue weighted by atomic mass is 10.2. The van der Waals surface area contributed by atoms with Crippen molar-refractivity contribution in [3.63, 3.8) is 0 Å². The van der Waals surface area contributed by atoms with Gasteiger partial charge in [0.05, 0.1) is 29.2 Å². The minimum atomic E-state index is 0.134. The molecule has 1 aromatic carbocycles. The fourth-order valence-electron chi connectivity index (χ4n) is 2.00. The standard InChI is InChI=1S/C12H13N3OS/c1-8(7-16-2)15-10-5-3-4-9(6-13)11(10)14-12(15)17/h3-5,8H,7H2,1-2H3,(H,14,17). The molecule has 1 heterocycles. The Morgan fingerprint density at radius 3 is 3.00 bits per heavy atom. The zero-order valence-electron chi connectivity index (χ0n) is 9.73. The van der Waals surface area contributed by atoms with Crippen LogP contribution in [-0.2, 0) is 4.74 Å². The molecule has 2 rings (SSSR count). The monoisotopic (exact) mass is 247 g/mol. The van der Waals surface area contributed by atoms with E-state index in [2.05, 4.69) is 11.1 Å². The molecular weight excluding hydrogens is 234 g/mol. The molecule has 88 valence electrons. The summed E-state index contributed by atoms with van der Waals surface area (Å²) < 4.78 is 7.74. The minimum absolute atomic E-state index is 0.134. The number of hydrogen-bond acceptors (Lipinski definition) is 3. The molecule has 0 radical (unpaired) electrons. The molecule has 0 fully saturated rings. The van der Waals surface area contributed by atoms with Crippen molar-refractivity contribution < 1.29 is 4.74 Å². The number of nitrogens with zero attached hydrogens (tertiary/aromatic N) is 2. The van der Waals surface area contributed by atoms with Gasteiger partial charge in [-0.05, 0) is 31.3 Å². The Morgan fingerprint density at radius 2 is 2.35 bits per heavy atom. The smallest absolute Gasteiger partial charge is 0.178 e. The van der Waals surface area contributed by atoms with Crippen LogP contribution in [0.25, 0.3) is 11.0 Å². The van der Waals surface area contributed by atoms with Crippen LogP contribution in [-0.4, -0.2) is 23.3 Å². The zero-order chi connectivity index (χ0) is 12.4. The number of nitriles is 1. The first kappa shape index (κ1) is 11.8. The van der Waals surface area contributed by atoms with Gasteiger partial charge in [0.15, 0.2) is 4.77 Å². The van der Waals surface area contributed by atoms with Crippen LogP contribution in [0.3, 0.4) is 0 Å². The number of benzene rings is 1. The highest BCUT2D eigenvalue weighted by atomic mass is 32.1. The van der Waals surface area contributed by atoms with Gasteiger partial charge in [0.2, 0.25) is 0 Å². The van der Waals surface area contributed by atoms with Crippen molar-refractivity contribution in [3.05, 3.63) is 28.5 Å². The van der Waals surface area contributed by atoms with Gasteiger partial charge in [-0.15, -0.1) is 0 Å². The second-order valence-corrected chi connectivity index (χ2v) is 4.30. The van der Waals surface area contributed by atoms with Crippen molar-refractivity contribution in [3.8, 4) is 6.07 Å². The number of imidazole rings is 1. The topological polar surface area (TPSA) is 53.7 Å². The van der Waals surface area contributed by atoms with Crippen LogP contribution in [0.15, 0.2) is 18.2 Å². The number of ether oxygens (including phenoxy) is 1. The summed E-state index contributed by atoms with van der Waals surface area (Å²) in [5.74, 6) is 0. The Labute approximate surface area is 104 Å². The van der Waals surface area contributed by atoms with E-state index in [9.17, 15) is 0 Å². The molecule has 1 atom stereocenters. The van der Waals surface area contributed by atoms with E-state index in [0.717, 1.165) is 11.0 Å². The molecule has 0 saturated carbocycles. The first-order valence-corrected chi connectivity index (χ1v) is 5.72. The molecule has 1 aromatic heterocycles. The number of H-pyrrole nitrogens is 1. The van der Waals surface area contributed by atoms with E-state index in [1.165, 1.54) is 0 Å². The van der Waals surface area contributed by atoms with Crippen LogP contribution < -0.4 is 0 Å². The third-order valence-electron chi connectivity index (χ3n) is 2.72. The Bertz CT molecular complexity index is 635. The van der Waals surface area contributed by atoms with Crippen molar-refractivity contribution in [2.45, 2.75) is 13.0 Å². The van der Waals surface area contributed by atoms with Crippen LogP contribution in [0.4, 0.5) is 0 Å². The number of nitrogens with one attached hydrogen (secondary N) is 1. The van der Waals surface area contributed by atoms with Gasteiger partial charge >= 0.3 is 0 Å². The minimum Gasteiger partial charge on any atom is -0.383 e. The quantitative estimate of drug-likeness (QED) is 0.848. The second-order valence-electron chi connectivity index (χ2n) is 3.92. The molecule has 0 aliphatic heterocycles. The predicted molar refractivity (Wildman–Crippen MR) is 68.4 cm³/mol. The number of methoxy groups -OCH3 is 1. The Morgan fingerprint density at radius 1 is 1.59 bits per heavy atom. The van der Waals surface area contributed by atoms with E-state index >= 15 is 0 Å². The maximum atomic E-state index is 9.04. The number of hydrogen-bond donors (Lipinski definition) is 1. The van der Waals surface area contributed by atoms with Crippen molar-refractivity contribution in [1.82, 2.24) is 9.55 Å². The average molecular weight is 247 g/mol. The first-order valence-electron chi connectivity index (χ1n) is 5.31. The molecule has 1 N–H and O–H groups in total. The molecular formula is C12H13N3OS. The van der Waals surface area contributed by atoms with Gasteiger partial charge < -0.3 is 14.3 Å². The number of aromatic nitrogens is 2. The van der Waals surface area contributed by atoms with E-state index in [1.54, 1.807) is 13.2 Å².